The number of hydrogen-bond donors (Lipinski definition) is 0. The SMILES string of the molecule is Cc1cc(C(Br)c2ccc(Br)s2)c(C)o1. The highest BCUT2D eigenvalue weighted by Crippen LogP contribution is 2.39. The topological polar surface area (TPSA) is 13.1 Å². The molecule has 1 nitrogen and oxygen atoms in total. The molecule has 0 spiro atoms. The summed E-state index contributed by atoms with van der Waals surface area (Å²) in [6.45, 7) is 3.97. The fraction of sp³-hybridized carbons (Fsp3) is 0.273. The van der Waals surface area contributed by atoms with E-state index in [9.17, 15) is 0 Å². The quantitative estimate of drug-likeness (QED) is 0.678. The summed E-state index contributed by atoms with van der Waals surface area (Å²) in [5.74, 6) is 1.95. The zero-order chi connectivity index (χ0) is 11.0. The molecule has 4 heteroatoms. The normalized spacial score (nSPS) is 13.1. The second-order valence-electron chi connectivity index (χ2n) is 3.37. The van der Waals surface area contributed by atoms with Crippen LogP contribution in [0.25, 0.3) is 0 Å². The molecule has 0 saturated carbocycles. The lowest BCUT2D eigenvalue weighted by molar-refractivity contribution is 0.502. The Balaban J connectivity index is 2.35. The minimum atomic E-state index is 0.228. The van der Waals surface area contributed by atoms with Crippen molar-refractivity contribution in [2.24, 2.45) is 0 Å². The first-order chi connectivity index (χ1) is 7.08. The van der Waals surface area contributed by atoms with Gasteiger partial charge >= 0.3 is 0 Å². The summed E-state index contributed by atoms with van der Waals surface area (Å²) in [6.07, 6.45) is 0. The van der Waals surface area contributed by atoms with E-state index in [-0.39, 0.29) is 4.83 Å². The molecule has 15 heavy (non-hydrogen) atoms. The van der Waals surface area contributed by atoms with E-state index in [1.54, 1.807) is 11.3 Å². The molecule has 2 aromatic rings. The Morgan fingerprint density at radius 3 is 2.53 bits per heavy atom. The summed E-state index contributed by atoms with van der Waals surface area (Å²) < 4.78 is 6.68. The Morgan fingerprint density at radius 1 is 1.33 bits per heavy atom. The lowest BCUT2D eigenvalue weighted by atomic mass is 10.1. The van der Waals surface area contributed by atoms with Crippen molar-refractivity contribution < 1.29 is 4.42 Å². The minimum Gasteiger partial charge on any atom is -0.466 e. The molecule has 0 amide bonds. The van der Waals surface area contributed by atoms with E-state index in [0.29, 0.717) is 0 Å². The van der Waals surface area contributed by atoms with Gasteiger partial charge in [-0.25, -0.2) is 0 Å². The predicted molar refractivity (Wildman–Crippen MR) is 71.0 cm³/mol. The summed E-state index contributed by atoms with van der Waals surface area (Å²) in [6, 6.07) is 6.27. The number of hydrogen-bond acceptors (Lipinski definition) is 2. The van der Waals surface area contributed by atoms with E-state index in [4.69, 9.17) is 4.42 Å². The lowest BCUT2D eigenvalue weighted by Crippen LogP contribution is -1.88. The summed E-state index contributed by atoms with van der Waals surface area (Å²) in [5.41, 5.74) is 1.21. The lowest BCUT2D eigenvalue weighted by Gasteiger charge is -2.05. The summed E-state index contributed by atoms with van der Waals surface area (Å²) in [4.78, 5) is 1.51. The van der Waals surface area contributed by atoms with Crippen LogP contribution in [0.1, 0.15) is 26.8 Å². The second-order valence-corrected chi connectivity index (χ2v) is 6.78. The molecule has 2 aromatic heterocycles. The average molecular weight is 350 g/mol. The molecule has 0 aliphatic rings. The molecule has 0 N–H and O–H groups in total. The Kier molecular flexibility index (Phi) is 3.38. The number of furan rings is 1. The maximum absolute atomic E-state index is 5.53. The average Bonchev–Trinajstić information content (AvgIpc) is 2.71. The first-order valence-electron chi connectivity index (χ1n) is 4.54. The summed E-state index contributed by atoms with van der Waals surface area (Å²) >= 11 is 8.91. The molecule has 0 aliphatic carbocycles. The van der Waals surface area contributed by atoms with Gasteiger partial charge in [-0.05, 0) is 48.0 Å². The maximum atomic E-state index is 5.53. The highest BCUT2D eigenvalue weighted by Gasteiger charge is 2.17. The fourth-order valence-electron chi connectivity index (χ4n) is 1.52. The van der Waals surface area contributed by atoms with Gasteiger partial charge in [-0.3, -0.25) is 0 Å². The number of aryl methyl sites for hydroxylation is 2. The molecule has 0 aromatic carbocycles. The monoisotopic (exact) mass is 348 g/mol. The molecule has 2 rings (SSSR count). The van der Waals surface area contributed by atoms with Crippen molar-refractivity contribution in [2.45, 2.75) is 18.7 Å². The smallest absolute Gasteiger partial charge is 0.105 e. The van der Waals surface area contributed by atoms with Crippen molar-refractivity contribution in [3.63, 3.8) is 0 Å². The molecule has 2 heterocycles. The number of alkyl halides is 1. The van der Waals surface area contributed by atoms with Crippen LogP contribution in [0.15, 0.2) is 26.4 Å². The third-order valence-corrected chi connectivity index (χ3v) is 5.17. The van der Waals surface area contributed by atoms with Crippen molar-refractivity contribution in [1.82, 2.24) is 0 Å². The standard InChI is InChI=1S/C11H10Br2OS/c1-6-5-8(7(2)14-6)11(13)9-3-4-10(12)15-9/h3-5,11H,1-2H3. The molecule has 1 atom stereocenters. The van der Waals surface area contributed by atoms with Gasteiger partial charge in [-0.15, -0.1) is 11.3 Å². The van der Waals surface area contributed by atoms with Crippen LogP contribution in [0.3, 0.4) is 0 Å². The van der Waals surface area contributed by atoms with Crippen molar-refractivity contribution in [1.29, 1.82) is 0 Å². The number of thiophene rings is 1. The van der Waals surface area contributed by atoms with Gasteiger partial charge in [-0.1, -0.05) is 15.9 Å². The molecule has 80 valence electrons. The van der Waals surface area contributed by atoms with Crippen LogP contribution in [0.4, 0.5) is 0 Å². The van der Waals surface area contributed by atoms with E-state index in [2.05, 4.69) is 50.1 Å². The molecule has 0 radical (unpaired) electrons. The van der Waals surface area contributed by atoms with Gasteiger partial charge in [0, 0.05) is 10.4 Å². The van der Waals surface area contributed by atoms with Crippen LogP contribution >= 0.6 is 43.2 Å². The third kappa shape index (κ3) is 2.37. The van der Waals surface area contributed by atoms with Gasteiger partial charge in [0.2, 0.25) is 0 Å². The zero-order valence-electron chi connectivity index (χ0n) is 8.38. The molecule has 1 unspecified atom stereocenters. The minimum absolute atomic E-state index is 0.228. The fourth-order valence-corrected chi connectivity index (χ4v) is 3.83. The predicted octanol–water partition coefficient (Wildman–Crippen LogP) is 5.20. The first kappa shape index (κ1) is 11.4. The molecule has 0 saturated heterocycles. The van der Waals surface area contributed by atoms with Gasteiger partial charge in [-0.2, -0.15) is 0 Å². The van der Waals surface area contributed by atoms with Crippen molar-refractivity contribution in [3.8, 4) is 0 Å². The Labute approximate surface area is 110 Å². The van der Waals surface area contributed by atoms with Crippen LogP contribution in [-0.4, -0.2) is 0 Å². The van der Waals surface area contributed by atoms with Crippen LogP contribution in [0, 0.1) is 13.8 Å². The van der Waals surface area contributed by atoms with Crippen LogP contribution in [0.5, 0.6) is 0 Å². The van der Waals surface area contributed by atoms with E-state index in [1.807, 2.05) is 13.8 Å². The van der Waals surface area contributed by atoms with Crippen LogP contribution in [0.2, 0.25) is 0 Å². The van der Waals surface area contributed by atoms with Crippen molar-refractivity contribution in [3.05, 3.63) is 43.9 Å². The third-order valence-electron chi connectivity index (χ3n) is 2.20. The number of halogens is 2. The van der Waals surface area contributed by atoms with Crippen LogP contribution in [-0.2, 0) is 0 Å². The summed E-state index contributed by atoms with van der Waals surface area (Å²) in [7, 11) is 0. The largest absolute Gasteiger partial charge is 0.466 e. The molecule has 0 aliphatic heterocycles. The molecule has 0 bridgehead atoms. The Hall–Kier alpha value is -0.0600. The van der Waals surface area contributed by atoms with Crippen molar-refractivity contribution in [2.75, 3.05) is 0 Å². The van der Waals surface area contributed by atoms with Gasteiger partial charge < -0.3 is 4.42 Å². The second kappa shape index (κ2) is 4.44. The van der Waals surface area contributed by atoms with E-state index in [0.717, 1.165) is 15.3 Å². The van der Waals surface area contributed by atoms with Gasteiger partial charge in [0.15, 0.2) is 0 Å². The molecular weight excluding hydrogens is 340 g/mol. The van der Waals surface area contributed by atoms with E-state index < -0.39 is 0 Å². The summed E-state index contributed by atoms with van der Waals surface area (Å²) in [5, 5.41) is 0. The van der Waals surface area contributed by atoms with Gasteiger partial charge in [0.1, 0.15) is 11.5 Å². The first-order valence-corrected chi connectivity index (χ1v) is 7.06. The van der Waals surface area contributed by atoms with Gasteiger partial charge in [0.25, 0.3) is 0 Å². The Bertz CT molecular complexity index is 473. The van der Waals surface area contributed by atoms with Crippen LogP contribution < -0.4 is 0 Å². The number of rotatable bonds is 2. The molecule has 0 fully saturated rings. The van der Waals surface area contributed by atoms with E-state index >= 15 is 0 Å². The van der Waals surface area contributed by atoms with E-state index in [1.165, 1.54) is 10.4 Å². The Morgan fingerprint density at radius 2 is 2.07 bits per heavy atom. The maximum Gasteiger partial charge on any atom is 0.105 e. The zero-order valence-corrected chi connectivity index (χ0v) is 12.4. The highest BCUT2D eigenvalue weighted by molar-refractivity contribution is 9.11. The highest BCUT2D eigenvalue weighted by atomic mass is 79.9. The van der Waals surface area contributed by atoms with Gasteiger partial charge in [0.05, 0.1) is 8.61 Å². The molecular formula is C11H10Br2OS. The van der Waals surface area contributed by atoms with Crippen molar-refractivity contribution >= 4 is 43.2 Å².